The van der Waals surface area contributed by atoms with E-state index in [0.29, 0.717) is 33.0 Å². The zero-order valence-corrected chi connectivity index (χ0v) is 25.7. The van der Waals surface area contributed by atoms with E-state index in [-0.39, 0.29) is 17.7 Å². The first kappa shape index (κ1) is 28.8. The van der Waals surface area contributed by atoms with Gasteiger partial charge in [-0.05, 0) is 87.6 Å². The summed E-state index contributed by atoms with van der Waals surface area (Å²) in [6, 6.07) is 25.0. The highest BCUT2D eigenvalue weighted by Gasteiger charge is 2.33. The highest BCUT2D eigenvalue weighted by molar-refractivity contribution is 9.10. The third kappa shape index (κ3) is 5.70. The van der Waals surface area contributed by atoms with Crippen LogP contribution in [-0.4, -0.2) is 17.1 Å². The number of esters is 1. The second-order valence-electron chi connectivity index (χ2n) is 9.97. The number of hydrogen-bond donors (Lipinski definition) is 0. The molecule has 1 aliphatic rings. The van der Waals surface area contributed by atoms with Crippen LogP contribution in [0.1, 0.15) is 36.6 Å². The summed E-state index contributed by atoms with van der Waals surface area (Å²) in [5.41, 5.74) is 2.86. The Morgan fingerprint density at radius 2 is 1.84 bits per heavy atom. The second kappa shape index (κ2) is 12.1. The van der Waals surface area contributed by atoms with E-state index in [1.165, 1.54) is 28.0 Å². The number of carbonyl (C=O) groups is 1. The third-order valence-corrected chi connectivity index (χ3v) is 8.82. The molecule has 0 N–H and O–H groups in total. The van der Waals surface area contributed by atoms with Gasteiger partial charge >= 0.3 is 5.97 Å². The van der Waals surface area contributed by atoms with Crippen molar-refractivity contribution in [3.8, 4) is 5.75 Å². The van der Waals surface area contributed by atoms with Crippen LogP contribution in [0, 0.1) is 5.82 Å². The van der Waals surface area contributed by atoms with Crippen molar-refractivity contribution in [2.24, 2.45) is 4.99 Å². The zero-order valence-electron chi connectivity index (χ0n) is 23.3. The molecule has 0 bridgehead atoms. The van der Waals surface area contributed by atoms with Gasteiger partial charge in [-0.3, -0.25) is 9.36 Å². The number of halogens is 2. The van der Waals surface area contributed by atoms with E-state index in [1.807, 2.05) is 36.4 Å². The zero-order chi connectivity index (χ0) is 30.1. The molecule has 43 heavy (non-hydrogen) atoms. The van der Waals surface area contributed by atoms with Gasteiger partial charge in [0, 0.05) is 0 Å². The number of thiazole rings is 1. The van der Waals surface area contributed by atoms with E-state index < -0.39 is 17.8 Å². The minimum Gasteiger partial charge on any atom is -0.488 e. The SMILES string of the molecule is CCOC(=O)C1=C(C)N=c2s/c(=C\c3ccc(OCc4cccc5ccccc45)c(Br)c3)c(=O)n2[C@H]1c1ccc(F)cc1. The number of nitrogens with zero attached hydrogens (tertiary/aromatic N) is 2. The number of benzene rings is 4. The van der Waals surface area contributed by atoms with E-state index in [4.69, 9.17) is 9.47 Å². The summed E-state index contributed by atoms with van der Waals surface area (Å²) in [6.45, 7) is 4.01. The molecule has 216 valence electrons. The number of hydrogen-bond acceptors (Lipinski definition) is 6. The quantitative estimate of drug-likeness (QED) is 0.189. The number of fused-ring (bicyclic) bond motifs is 2. The summed E-state index contributed by atoms with van der Waals surface area (Å²) in [6.07, 6.45) is 1.79. The Kier molecular flexibility index (Phi) is 8.10. The molecule has 0 radical (unpaired) electrons. The van der Waals surface area contributed by atoms with Gasteiger partial charge in [0.1, 0.15) is 18.2 Å². The first-order chi connectivity index (χ1) is 20.8. The van der Waals surface area contributed by atoms with Gasteiger partial charge in [-0.2, -0.15) is 0 Å². The molecule has 9 heteroatoms. The van der Waals surface area contributed by atoms with Crippen molar-refractivity contribution in [3.63, 3.8) is 0 Å². The van der Waals surface area contributed by atoms with Gasteiger partial charge in [-0.1, -0.05) is 72.0 Å². The van der Waals surface area contributed by atoms with Crippen LogP contribution in [0.15, 0.2) is 110 Å². The van der Waals surface area contributed by atoms with Crippen LogP contribution in [0.25, 0.3) is 16.8 Å². The molecule has 4 aromatic carbocycles. The van der Waals surface area contributed by atoms with E-state index in [0.717, 1.165) is 26.4 Å². The van der Waals surface area contributed by atoms with Crippen molar-refractivity contribution >= 4 is 50.1 Å². The topological polar surface area (TPSA) is 69.9 Å². The van der Waals surface area contributed by atoms with E-state index in [1.54, 1.807) is 32.1 Å². The molecule has 0 aliphatic carbocycles. The Bertz CT molecular complexity index is 2080. The molecular weight excluding hydrogens is 631 g/mol. The number of rotatable bonds is 7. The standard InChI is InChI=1S/C34H26BrFN2O4S/c1-3-41-33(40)30-20(2)37-34-38(31(30)23-12-14-25(36)15-13-23)32(39)29(43-34)18-21-11-16-28(27(35)17-21)42-19-24-9-6-8-22-7-4-5-10-26(22)24/h4-18,31H,3,19H2,1-2H3/b29-18-/t31-/m0/s1. The number of ether oxygens (including phenoxy) is 2. The van der Waals surface area contributed by atoms with Gasteiger partial charge < -0.3 is 9.47 Å². The molecule has 0 amide bonds. The van der Waals surface area contributed by atoms with E-state index in [2.05, 4.69) is 45.2 Å². The maximum atomic E-state index is 13.8. The highest BCUT2D eigenvalue weighted by Crippen LogP contribution is 2.31. The molecule has 0 saturated heterocycles. The van der Waals surface area contributed by atoms with Crippen LogP contribution in [0.3, 0.4) is 0 Å². The van der Waals surface area contributed by atoms with Gasteiger partial charge in [0.25, 0.3) is 5.56 Å². The fourth-order valence-corrected chi connectivity index (χ4v) is 6.76. The summed E-state index contributed by atoms with van der Waals surface area (Å²) in [7, 11) is 0. The number of carbonyl (C=O) groups excluding carboxylic acids is 1. The van der Waals surface area contributed by atoms with Crippen molar-refractivity contribution in [3.05, 3.63) is 143 Å². The molecule has 1 aliphatic heterocycles. The fourth-order valence-electron chi connectivity index (χ4n) is 5.20. The predicted octanol–water partition coefficient (Wildman–Crippen LogP) is 6.43. The van der Waals surface area contributed by atoms with Crippen LogP contribution in [0.4, 0.5) is 4.39 Å². The third-order valence-electron chi connectivity index (χ3n) is 7.22. The molecule has 2 heterocycles. The Balaban J connectivity index is 1.34. The first-order valence-corrected chi connectivity index (χ1v) is 15.3. The van der Waals surface area contributed by atoms with Gasteiger partial charge in [0.15, 0.2) is 4.80 Å². The lowest BCUT2D eigenvalue weighted by Crippen LogP contribution is -2.39. The lowest BCUT2D eigenvalue weighted by atomic mass is 9.96. The molecule has 0 fully saturated rings. The molecular formula is C34H26BrFN2O4S. The maximum Gasteiger partial charge on any atom is 0.338 e. The summed E-state index contributed by atoms with van der Waals surface area (Å²) in [4.78, 5) is 31.9. The fraction of sp³-hybridized carbons (Fsp3) is 0.147. The first-order valence-electron chi connectivity index (χ1n) is 13.7. The second-order valence-corrected chi connectivity index (χ2v) is 11.8. The van der Waals surface area contributed by atoms with Crippen LogP contribution < -0.4 is 19.6 Å². The smallest absolute Gasteiger partial charge is 0.338 e. The van der Waals surface area contributed by atoms with Crippen molar-refractivity contribution in [2.75, 3.05) is 6.61 Å². The van der Waals surface area contributed by atoms with Crippen molar-refractivity contribution < 1.29 is 18.7 Å². The summed E-state index contributed by atoms with van der Waals surface area (Å²) in [5, 5.41) is 2.30. The lowest BCUT2D eigenvalue weighted by Gasteiger charge is -2.24. The summed E-state index contributed by atoms with van der Waals surface area (Å²) >= 11 is 4.85. The largest absolute Gasteiger partial charge is 0.488 e. The number of allylic oxidation sites excluding steroid dienone is 1. The summed E-state index contributed by atoms with van der Waals surface area (Å²) < 4.78 is 27.9. The van der Waals surface area contributed by atoms with Crippen molar-refractivity contribution in [2.45, 2.75) is 26.5 Å². The Morgan fingerprint density at radius 1 is 1.07 bits per heavy atom. The minimum absolute atomic E-state index is 0.173. The van der Waals surface area contributed by atoms with Crippen LogP contribution >= 0.6 is 27.3 Å². The van der Waals surface area contributed by atoms with Gasteiger partial charge in [0.2, 0.25) is 0 Å². The Morgan fingerprint density at radius 3 is 2.60 bits per heavy atom. The minimum atomic E-state index is -0.797. The Labute approximate surface area is 259 Å². The molecule has 5 aromatic rings. The van der Waals surface area contributed by atoms with Crippen LogP contribution in [0.5, 0.6) is 5.75 Å². The van der Waals surface area contributed by atoms with Crippen LogP contribution in [0.2, 0.25) is 0 Å². The average molecular weight is 658 g/mol. The van der Waals surface area contributed by atoms with Gasteiger partial charge in [0.05, 0.1) is 32.9 Å². The normalized spacial score (nSPS) is 14.9. The molecule has 6 rings (SSSR count). The van der Waals surface area contributed by atoms with E-state index in [9.17, 15) is 14.0 Å². The van der Waals surface area contributed by atoms with Gasteiger partial charge in [-0.25, -0.2) is 14.2 Å². The Hall–Kier alpha value is -4.34. The predicted molar refractivity (Wildman–Crippen MR) is 169 cm³/mol. The molecule has 0 spiro atoms. The number of aromatic nitrogens is 1. The van der Waals surface area contributed by atoms with E-state index >= 15 is 0 Å². The summed E-state index contributed by atoms with van der Waals surface area (Å²) in [5.74, 6) is -0.294. The monoisotopic (exact) mass is 656 g/mol. The average Bonchev–Trinajstić information content (AvgIpc) is 3.30. The van der Waals surface area contributed by atoms with Gasteiger partial charge in [-0.15, -0.1) is 0 Å². The molecule has 1 atom stereocenters. The molecule has 6 nitrogen and oxygen atoms in total. The lowest BCUT2D eigenvalue weighted by molar-refractivity contribution is -0.139. The maximum absolute atomic E-state index is 13.8. The molecule has 1 aromatic heterocycles. The van der Waals surface area contributed by atoms with Crippen molar-refractivity contribution in [1.82, 2.24) is 4.57 Å². The highest BCUT2D eigenvalue weighted by atomic mass is 79.9. The molecule has 0 saturated carbocycles. The molecule has 0 unspecified atom stereocenters. The van der Waals surface area contributed by atoms with Crippen molar-refractivity contribution in [1.29, 1.82) is 0 Å². The van der Waals surface area contributed by atoms with Crippen LogP contribution in [-0.2, 0) is 16.1 Å².